The molecule has 0 amide bonds. The molecule has 144 valence electrons. The molecule has 24 heavy (non-hydrogen) atoms. The highest BCUT2D eigenvalue weighted by Crippen LogP contribution is 2.32. The molecule has 1 rings (SSSR count). The summed E-state index contributed by atoms with van der Waals surface area (Å²) in [5.41, 5.74) is 0. The lowest BCUT2D eigenvalue weighted by atomic mass is 10.3. The summed E-state index contributed by atoms with van der Waals surface area (Å²) in [5.74, 6) is -1.09. The summed E-state index contributed by atoms with van der Waals surface area (Å²) in [6, 6.07) is 4.01. The van der Waals surface area contributed by atoms with Crippen LogP contribution in [0, 0.1) is 0 Å². The predicted molar refractivity (Wildman–Crippen MR) is 83.9 cm³/mol. The van der Waals surface area contributed by atoms with Crippen molar-refractivity contribution in [3.63, 3.8) is 0 Å². The molecule has 6 N–H and O–H groups in total. The number of benzene rings is 1. The maximum Gasteiger partial charge on any atom is 0.261 e. The van der Waals surface area contributed by atoms with Crippen molar-refractivity contribution in [2.24, 2.45) is 0 Å². The second-order valence-electron chi connectivity index (χ2n) is 3.84. The molecule has 0 saturated heterocycles. The minimum atomic E-state index is -3.67. The Hall–Kier alpha value is -1.65. The quantitative estimate of drug-likeness (QED) is 0.229. The zero-order valence-corrected chi connectivity index (χ0v) is 15.0. The summed E-state index contributed by atoms with van der Waals surface area (Å²) >= 11 is 0. The fraction of sp³-hybridized carbons (Fsp3) is 0.333. The molecule has 0 bridgehead atoms. The molecule has 1 aromatic rings. The summed E-state index contributed by atoms with van der Waals surface area (Å²) in [4.78, 5) is 0. The molecule has 0 heterocycles. The first-order chi connectivity index (χ1) is 10.2. The van der Waals surface area contributed by atoms with Crippen LogP contribution in [0.5, 0.6) is 17.2 Å². The lowest BCUT2D eigenvalue weighted by Crippen LogP contribution is -1.88. The third-order valence-electron chi connectivity index (χ3n) is 0.993. The molecule has 0 atom stereocenters. The first-order valence-electron chi connectivity index (χ1n) is 5.19. The Labute approximate surface area is 139 Å². The molecular formula is C9H18O12S3. The number of aromatic hydroxyl groups is 3. The van der Waals surface area contributed by atoms with E-state index in [1.807, 2.05) is 0 Å². The fourth-order valence-electron chi connectivity index (χ4n) is 0.519. The maximum absolute atomic E-state index is 9.19. The minimum absolute atomic E-state index is 0.310. The summed E-state index contributed by atoms with van der Waals surface area (Å²) in [6.07, 6.45) is 2.15. The van der Waals surface area contributed by atoms with Crippen LogP contribution in [0.1, 0.15) is 0 Å². The third kappa shape index (κ3) is 50.0. The number of hydrogen-bond acceptors (Lipinski definition) is 9. The van der Waals surface area contributed by atoms with E-state index in [0.717, 1.165) is 0 Å². The van der Waals surface area contributed by atoms with E-state index in [1.165, 1.54) is 18.2 Å². The van der Waals surface area contributed by atoms with E-state index < -0.39 is 36.1 Å². The molecular weight excluding hydrogens is 396 g/mol. The second kappa shape index (κ2) is 11.0. The fourth-order valence-corrected chi connectivity index (χ4v) is 0.519. The van der Waals surface area contributed by atoms with Gasteiger partial charge < -0.3 is 15.3 Å². The Bertz CT molecular complexity index is 677. The Morgan fingerprint density at radius 3 is 0.917 bits per heavy atom. The monoisotopic (exact) mass is 414 g/mol. The lowest BCUT2D eigenvalue weighted by Gasteiger charge is -1.96. The first-order valence-corrected chi connectivity index (χ1v) is 10.7. The highest BCUT2D eigenvalue weighted by Gasteiger charge is 2.00. The zero-order valence-electron chi connectivity index (χ0n) is 12.6. The van der Waals surface area contributed by atoms with Crippen LogP contribution in [0.2, 0.25) is 0 Å². The van der Waals surface area contributed by atoms with E-state index in [-0.39, 0.29) is 11.5 Å². The van der Waals surface area contributed by atoms with E-state index in [2.05, 4.69) is 0 Å². The van der Waals surface area contributed by atoms with Crippen LogP contribution in [0.4, 0.5) is 0 Å². The molecule has 0 aliphatic rings. The Morgan fingerprint density at radius 1 is 0.625 bits per heavy atom. The van der Waals surface area contributed by atoms with E-state index in [0.29, 0.717) is 18.8 Å². The SMILES string of the molecule is CS(=O)(=O)O.CS(=O)(=O)O.CS(=O)(=O)O.Oc1cccc(O)c1O. The van der Waals surface area contributed by atoms with Crippen molar-refractivity contribution in [3.8, 4) is 17.2 Å². The van der Waals surface area contributed by atoms with Crippen LogP contribution in [0.25, 0.3) is 0 Å². The largest absolute Gasteiger partial charge is 0.504 e. The van der Waals surface area contributed by atoms with Gasteiger partial charge in [-0.25, -0.2) is 0 Å². The second-order valence-corrected chi connectivity index (χ2v) is 8.24. The van der Waals surface area contributed by atoms with Gasteiger partial charge in [-0.15, -0.1) is 0 Å². The van der Waals surface area contributed by atoms with E-state index in [9.17, 15) is 25.3 Å². The van der Waals surface area contributed by atoms with Gasteiger partial charge in [-0.05, 0) is 12.1 Å². The van der Waals surface area contributed by atoms with Crippen LogP contribution in [0.3, 0.4) is 0 Å². The molecule has 0 fully saturated rings. The Balaban J connectivity index is -0.000000259. The van der Waals surface area contributed by atoms with Crippen molar-refractivity contribution in [3.05, 3.63) is 18.2 Å². The normalized spacial score (nSPS) is 10.8. The number of phenolic OH excluding ortho intramolecular Hbond substituents is 3. The Morgan fingerprint density at radius 2 is 0.792 bits per heavy atom. The molecule has 0 spiro atoms. The molecule has 0 aliphatic carbocycles. The topological polar surface area (TPSA) is 224 Å². The summed E-state index contributed by atoms with van der Waals surface area (Å²) in [6.45, 7) is 0. The van der Waals surface area contributed by atoms with Gasteiger partial charge in [0.15, 0.2) is 17.2 Å². The minimum Gasteiger partial charge on any atom is -0.504 e. The predicted octanol–water partition coefficient (Wildman–Crippen LogP) is -0.685. The van der Waals surface area contributed by atoms with Gasteiger partial charge in [0.2, 0.25) is 0 Å². The molecule has 0 aromatic heterocycles. The summed E-state index contributed by atoms with van der Waals surface area (Å²) < 4.78 is 77.6. The van der Waals surface area contributed by atoms with Gasteiger partial charge in [0, 0.05) is 0 Å². The van der Waals surface area contributed by atoms with Crippen molar-refractivity contribution >= 4 is 30.4 Å². The number of hydrogen-bond donors (Lipinski definition) is 6. The average Bonchev–Trinajstić information content (AvgIpc) is 2.18. The van der Waals surface area contributed by atoms with Crippen molar-refractivity contribution in [1.29, 1.82) is 0 Å². The van der Waals surface area contributed by atoms with Gasteiger partial charge >= 0.3 is 0 Å². The van der Waals surface area contributed by atoms with Crippen LogP contribution in [0.15, 0.2) is 18.2 Å². The van der Waals surface area contributed by atoms with Gasteiger partial charge in [0.1, 0.15) is 0 Å². The molecule has 0 saturated carbocycles. The van der Waals surface area contributed by atoms with Crippen LogP contribution >= 0.6 is 0 Å². The third-order valence-corrected chi connectivity index (χ3v) is 0.993. The van der Waals surface area contributed by atoms with Gasteiger partial charge in [-0.3, -0.25) is 13.7 Å². The standard InChI is InChI=1S/C6H6O3.3CH4O3S/c7-4-2-1-3-5(8)6(4)9;3*1-5(2,3)4/h1-3,7-9H;3*1H3,(H,2,3,4). The first kappa shape index (κ1) is 27.2. The van der Waals surface area contributed by atoms with Crippen molar-refractivity contribution in [1.82, 2.24) is 0 Å². The summed E-state index contributed by atoms with van der Waals surface area (Å²) in [7, 11) is -11.0. The van der Waals surface area contributed by atoms with E-state index in [4.69, 9.17) is 29.0 Å². The average molecular weight is 414 g/mol. The maximum atomic E-state index is 9.19. The van der Waals surface area contributed by atoms with Gasteiger partial charge in [-0.1, -0.05) is 6.07 Å². The smallest absolute Gasteiger partial charge is 0.261 e. The molecule has 12 nitrogen and oxygen atoms in total. The highest BCUT2D eigenvalue weighted by atomic mass is 32.2. The van der Waals surface area contributed by atoms with Gasteiger partial charge in [-0.2, -0.15) is 25.3 Å². The van der Waals surface area contributed by atoms with Crippen molar-refractivity contribution in [2.45, 2.75) is 0 Å². The van der Waals surface area contributed by atoms with Gasteiger partial charge in [0.05, 0.1) is 18.8 Å². The van der Waals surface area contributed by atoms with Crippen LogP contribution in [-0.2, 0) is 30.4 Å². The highest BCUT2D eigenvalue weighted by molar-refractivity contribution is 7.85. The lowest BCUT2D eigenvalue weighted by molar-refractivity contribution is 0.368. The van der Waals surface area contributed by atoms with Crippen molar-refractivity contribution in [2.75, 3.05) is 18.8 Å². The summed E-state index contributed by atoms with van der Waals surface area (Å²) in [5, 5.41) is 26.1. The molecule has 0 aliphatic heterocycles. The number of rotatable bonds is 0. The molecule has 0 radical (unpaired) electrons. The number of para-hydroxylation sites is 1. The molecule has 0 unspecified atom stereocenters. The zero-order chi connectivity index (χ0) is 20.4. The van der Waals surface area contributed by atoms with Gasteiger partial charge in [0.25, 0.3) is 30.4 Å². The van der Waals surface area contributed by atoms with Crippen LogP contribution < -0.4 is 0 Å². The number of phenols is 3. The molecule has 15 heteroatoms. The van der Waals surface area contributed by atoms with Crippen molar-refractivity contribution < 1.29 is 54.2 Å². The van der Waals surface area contributed by atoms with E-state index in [1.54, 1.807) is 0 Å². The van der Waals surface area contributed by atoms with Crippen LogP contribution in [-0.4, -0.2) is 73.0 Å². The van der Waals surface area contributed by atoms with E-state index >= 15 is 0 Å². The molecule has 1 aromatic carbocycles. The Kier molecular flexibility index (Phi) is 12.5.